The minimum atomic E-state index is -3.92. The quantitative estimate of drug-likeness (QED) is 0.510. The Hall–Kier alpha value is -3.51. The molecule has 0 bridgehead atoms. The Bertz CT molecular complexity index is 1300. The lowest BCUT2D eigenvalue weighted by atomic mass is 9.90. The van der Waals surface area contributed by atoms with E-state index >= 15 is 0 Å². The van der Waals surface area contributed by atoms with Gasteiger partial charge in [-0.2, -0.15) is 0 Å². The molecule has 0 spiro atoms. The van der Waals surface area contributed by atoms with Crippen LogP contribution >= 0.6 is 0 Å². The largest absolute Gasteiger partial charge is 0.444 e. The Morgan fingerprint density at radius 3 is 2.46 bits per heavy atom. The molecule has 12 heteroatoms. The summed E-state index contributed by atoms with van der Waals surface area (Å²) in [5.41, 5.74) is 0.758. The number of aromatic nitrogens is 1. The molecular formula is C25H33N5O6S. The maximum Gasteiger partial charge on any atom is 0.413 e. The molecular weight excluding hydrogens is 498 g/mol. The fraction of sp³-hybridized carbons (Fsp3) is 0.440. The maximum atomic E-state index is 13.2. The number of nitrogens with zero attached hydrogens (tertiary/aromatic N) is 2. The molecule has 11 nitrogen and oxygen atoms in total. The van der Waals surface area contributed by atoms with Gasteiger partial charge in [0.25, 0.3) is 0 Å². The lowest BCUT2D eigenvalue weighted by Crippen LogP contribution is -2.46. The number of ether oxygens (including phenoxy) is 1. The highest BCUT2D eigenvalue weighted by molar-refractivity contribution is 7.89. The number of piperidine rings is 1. The number of primary sulfonamides is 1. The number of carbonyl (C=O) groups excluding carboxylic acids is 3. The average Bonchev–Trinajstić information content (AvgIpc) is 2.78. The molecule has 37 heavy (non-hydrogen) atoms. The van der Waals surface area contributed by atoms with Gasteiger partial charge in [0.15, 0.2) is 0 Å². The number of anilines is 2. The van der Waals surface area contributed by atoms with Crippen molar-refractivity contribution in [1.82, 2.24) is 9.88 Å². The number of likely N-dealkylation sites (tertiary alicyclic amines) is 1. The minimum Gasteiger partial charge on any atom is -0.444 e. The predicted molar refractivity (Wildman–Crippen MR) is 138 cm³/mol. The van der Waals surface area contributed by atoms with Crippen LogP contribution in [0.3, 0.4) is 0 Å². The number of carbonyl (C=O) groups is 3. The lowest BCUT2D eigenvalue weighted by molar-refractivity contribution is -0.146. The number of pyridine rings is 1. The van der Waals surface area contributed by atoms with E-state index in [4.69, 9.17) is 9.88 Å². The summed E-state index contributed by atoms with van der Waals surface area (Å²) in [5, 5.41) is 10.4. The summed E-state index contributed by atoms with van der Waals surface area (Å²) in [7, 11) is -3.92. The molecule has 2 atom stereocenters. The van der Waals surface area contributed by atoms with E-state index in [0.29, 0.717) is 24.1 Å². The van der Waals surface area contributed by atoms with Gasteiger partial charge in [0.05, 0.1) is 22.8 Å². The van der Waals surface area contributed by atoms with Gasteiger partial charge < -0.3 is 15.0 Å². The summed E-state index contributed by atoms with van der Waals surface area (Å²) in [6.07, 6.45) is 2.05. The van der Waals surface area contributed by atoms with Gasteiger partial charge in [-0.15, -0.1) is 0 Å². The van der Waals surface area contributed by atoms with Gasteiger partial charge >= 0.3 is 17.9 Å². The van der Waals surface area contributed by atoms with Crippen molar-refractivity contribution in [1.29, 1.82) is 0 Å². The van der Waals surface area contributed by atoms with Crippen molar-refractivity contribution in [3.63, 3.8) is 0 Å². The number of rotatable bonds is 4. The van der Waals surface area contributed by atoms with Crippen LogP contribution in [0.5, 0.6) is 0 Å². The first-order valence-corrected chi connectivity index (χ1v) is 13.4. The summed E-state index contributed by atoms with van der Waals surface area (Å²) < 4.78 is 28.9. The molecule has 3 rings (SSSR count). The van der Waals surface area contributed by atoms with E-state index in [0.717, 1.165) is 6.42 Å². The van der Waals surface area contributed by atoms with E-state index in [1.165, 1.54) is 23.2 Å². The number of hydrogen-bond acceptors (Lipinski definition) is 7. The summed E-state index contributed by atoms with van der Waals surface area (Å²) in [4.78, 5) is 43.7. The molecule has 2 heterocycles. The van der Waals surface area contributed by atoms with Crippen molar-refractivity contribution in [3.05, 3.63) is 47.7 Å². The molecule has 2 aromatic rings. The summed E-state index contributed by atoms with van der Waals surface area (Å²) in [6.45, 7) is 9.25. The molecule has 0 unspecified atom stereocenters. The number of amides is 3. The SMILES string of the molecule is Cc1cc(NC(=O)C(=O)N2C[C@H](C)CC[C@H]2c2cccc(S(N)(=O)=O)c2)cnc1NC(=O)OC(C)(C)C. The number of aryl methyl sites for hydroxylation is 1. The molecule has 4 N–H and O–H groups in total. The highest BCUT2D eigenvalue weighted by Crippen LogP contribution is 2.34. The second kappa shape index (κ2) is 10.9. The molecule has 0 radical (unpaired) electrons. The van der Waals surface area contributed by atoms with Crippen LogP contribution in [0.15, 0.2) is 41.4 Å². The molecule has 0 saturated carbocycles. The Morgan fingerprint density at radius 2 is 1.84 bits per heavy atom. The molecule has 1 fully saturated rings. The Kier molecular flexibility index (Phi) is 8.23. The minimum absolute atomic E-state index is 0.0536. The molecule has 0 aliphatic carbocycles. The third-order valence-corrected chi connectivity index (χ3v) is 6.71. The van der Waals surface area contributed by atoms with Gasteiger partial charge in [0.2, 0.25) is 10.0 Å². The molecule has 1 aromatic heterocycles. The average molecular weight is 532 g/mol. The van der Waals surface area contributed by atoms with Crippen LogP contribution < -0.4 is 15.8 Å². The van der Waals surface area contributed by atoms with Crippen LogP contribution in [0.1, 0.15) is 57.7 Å². The molecule has 1 aliphatic heterocycles. The van der Waals surface area contributed by atoms with E-state index < -0.39 is 39.6 Å². The number of nitrogens with two attached hydrogens (primary N) is 1. The lowest BCUT2D eigenvalue weighted by Gasteiger charge is -2.38. The second-order valence-electron chi connectivity index (χ2n) is 10.2. The van der Waals surface area contributed by atoms with Gasteiger partial charge in [0.1, 0.15) is 11.4 Å². The number of benzene rings is 1. The van der Waals surface area contributed by atoms with Crippen LogP contribution in [0.2, 0.25) is 0 Å². The predicted octanol–water partition coefficient (Wildman–Crippen LogP) is 3.32. The fourth-order valence-electron chi connectivity index (χ4n) is 4.11. The second-order valence-corrected chi connectivity index (χ2v) is 11.8. The summed E-state index contributed by atoms with van der Waals surface area (Å²) >= 11 is 0. The zero-order chi connectivity index (χ0) is 27.5. The van der Waals surface area contributed by atoms with Crippen LogP contribution in [0.4, 0.5) is 16.3 Å². The first-order chi connectivity index (χ1) is 17.1. The summed E-state index contributed by atoms with van der Waals surface area (Å²) in [5.74, 6) is -1.17. The van der Waals surface area contributed by atoms with Gasteiger partial charge in [-0.3, -0.25) is 14.9 Å². The molecule has 1 aliphatic rings. The Morgan fingerprint density at radius 1 is 1.14 bits per heavy atom. The van der Waals surface area contributed by atoms with Crippen LogP contribution in [0, 0.1) is 12.8 Å². The smallest absolute Gasteiger partial charge is 0.413 e. The topological polar surface area (TPSA) is 161 Å². The standard InChI is InChI=1S/C25H33N5O6S/c1-15-9-10-20(17-7-6-8-19(12-17)37(26,34)35)30(14-15)23(32)22(31)28-18-11-16(2)21(27-13-18)29-24(33)36-25(3,4)5/h6-8,11-13,15,20H,9-10,14H2,1-5H3,(H,28,31)(H2,26,34,35)(H,27,29,33)/t15-,20+/m1/s1. The Balaban J connectivity index is 1.75. The number of nitrogens with one attached hydrogen (secondary N) is 2. The van der Waals surface area contributed by atoms with E-state index in [1.54, 1.807) is 45.9 Å². The fourth-order valence-corrected chi connectivity index (χ4v) is 4.68. The van der Waals surface area contributed by atoms with Crippen LogP contribution in [0.25, 0.3) is 0 Å². The van der Waals surface area contributed by atoms with Crippen molar-refractivity contribution >= 4 is 39.4 Å². The normalized spacial score (nSPS) is 18.2. The van der Waals surface area contributed by atoms with E-state index in [9.17, 15) is 22.8 Å². The molecule has 200 valence electrons. The van der Waals surface area contributed by atoms with Gasteiger partial charge in [-0.1, -0.05) is 19.1 Å². The van der Waals surface area contributed by atoms with Gasteiger partial charge in [0, 0.05) is 6.54 Å². The zero-order valence-corrected chi connectivity index (χ0v) is 22.4. The van der Waals surface area contributed by atoms with Crippen LogP contribution in [-0.2, 0) is 24.3 Å². The highest BCUT2D eigenvalue weighted by Gasteiger charge is 2.34. The third kappa shape index (κ3) is 7.49. The zero-order valence-electron chi connectivity index (χ0n) is 21.6. The van der Waals surface area contributed by atoms with Gasteiger partial charge in [-0.05, 0) is 75.8 Å². The molecule has 1 aromatic carbocycles. The van der Waals surface area contributed by atoms with Crippen molar-refractivity contribution in [2.75, 3.05) is 17.2 Å². The monoisotopic (exact) mass is 531 g/mol. The van der Waals surface area contributed by atoms with Crippen LogP contribution in [-0.4, -0.2) is 48.4 Å². The molecule has 3 amide bonds. The Labute approximate surface area is 216 Å². The van der Waals surface area contributed by atoms with Crippen molar-refractivity contribution in [3.8, 4) is 0 Å². The highest BCUT2D eigenvalue weighted by atomic mass is 32.2. The first-order valence-electron chi connectivity index (χ1n) is 11.9. The number of hydrogen-bond donors (Lipinski definition) is 3. The maximum absolute atomic E-state index is 13.2. The number of sulfonamides is 1. The third-order valence-electron chi connectivity index (χ3n) is 5.80. The summed E-state index contributed by atoms with van der Waals surface area (Å²) in [6, 6.07) is 7.22. The van der Waals surface area contributed by atoms with Crippen molar-refractivity contribution < 1.29 is 27.5 Å². The molecule has 1 saturated heterocycles. The van der Waals surface area contributed by atoms with Crippen molar-refractivity contribution in [2.24, 2.45) is 11.1 Å². The van der Waals surface area contributed by atoms with E-state index in [-0.39, 0.29) is 22.3 Å². The van der Waals surface area contributed by atoms with E-state index in [1.807, 2.05) is 6.92 Å². The van der Waals surface area contributed by atoms with Gasteiger partial charge in [-0.25, -0.2) is 23.3 Å². The first kappa shape index (κ1) is 28.1. The van der Waals surface area contributed by atoms with E-state index in [2.05, 4.69) is 15.6 Å². The van der Waals surface area contributed by atoms with Crippen molar-refractivity contribution in [2.45, 2.75) is 64.0 Å².